The van der Waals surface area contributed by atoms with Crippen LogP contribution in [0, 0.1) is 0 Å². The van der Waals surface area contributed by atoms with Gasteiger partial charge in [0.15, 0.2) is 11.5 Å². The molecule has 4 nitrogen and oxygen atoms in total. The van der Waals surface area contributed by atoms with E-state index in [1.807, 2.05) is 6.07 Å². The first-order valence-electron chi connectivity index (χ1n) is 6.94. The Bertz CT molecular complexity index is 403. The molecular weight excluding hydrogens is 242 g/mol. The van der Waals surface area contributed by atoms with E-state index in [2.05, 4.69) is 25.2 Å². The summed E-state index contributed by atoms with van der Waals surface area (Å²) < 4.78 is 16.6. The molecule has 19 heavy (non-hydrogen) atoms. The number of hydrogen-bond donors (Lipinski definition) is 1. The molecule has 0 spiro atoms. The Labute approximate surface area is 115 Å². The molecule has 1 aliphatic heterocycles. The second-order valence-electron chi connectivity index (χ2n) is 4.82. The topological polar surface area (TPSA) is 39.7 Å². The van der Waals surface area contributed by atoms with Crippen molar-refractivity contribution in [3.05, 3.63) is 17.7 Å². The summed E-state index contributed by atoms with van der Waals surface area (Å²) in [5.41, 5.74) is 1.23. The minimum absolute atomic E-state index is 0.518. The summed E-state index contributed by atoms with van der Waals surface area (Å²) in [6.45, 7) is 6.53. The zero-order chi connectivity index (χ0) is 13.7. The Balaban J connectivity index is 2.09. The van der Waals surface area contributed by atoms with Gasteiger partial charge in [0.25, 0.3) is 0 Å². The maximum Gasteiger partial charge on any atom is 0.203 e. The van der Waals surface area contributed by atoms with Gasteiger partial charge in [-0.2, -0.15) is 0 Å². The van der Waals surface area contributed by atoms with Crippen LogP contribution >= 0.6 is 0 Å². The fourth-order valence-electron chi connectivity index (χ4n) is 2.31. The smallest absolute Gasteiger partial charge is 0.203 e. The fourth-order valence-corrected chi connectivity index (χ4v) is 2.31. The number of hydrogen-bond acceptors (Lipinski definition) is 4. The van der Waals surface area contributed by atoms with Gasteiger partial charge in [-0.05, 0) is 44.0 Å². The second kappa shape index (κ2) is 6.66. The van der Waals surface area contributed by atoms with Crippen LogP contribution in [0.5, 0.6) is 17.2 Å². The lowest BCUT2D eigenvalue weighted by molar-refractivity contribution is 0.165. The predicted octanol–water partition coefficient (Wildman–Crippen LogP) is 2.40. The van der Waals surface area contributed by atoms with Gasteiger partial charge in [0.1, 0.15) is 13.2 Å². The van der Waals surface area contributed by atoms with Crippen LogP contribution in [0.1, 0.15) is 25.8 Å². The second-order valence-corrected chi connectivity index (χ2v) is 4.82. The number of rotatable bonds is 6. The number of nitrogens with one attached hydrogen (secondary N) is 1. The van der Waals surface area contributed by atoms with E-state index >= 15 is 0 Å². The number of fused-ring (bicyclic) bond motifs is 1. The number of benzene rings is 1. The highest BCUT2D eigenvalue weighted by Crippen LogP contribution is 2.40. The Kier molecular flexibility index (Phi) is 4.91. The summed E-state index contributed by atoms with van der Waals surface area (Å²) in [6, 6.07) is 4.63. The van der Waals surface area contributed by atoms with Gasteiger partial charge in [-0.1, -0.05) is 6.92 Å². The van der Waals surface area contributed by atoms with Crippen LogP contribution in [-0.4, -0.2) is 32.9 Å². The molecule has 1 aromatic rings. The van der Waals surface area contributed by atoms with Crippen LogP contribution in [-0.2, 0) is 6.42 Å². The molecule has 1 aromatic carbocycles. The van der Waals surface area contributed by atoms with E-state index in [1.165, 1.54) is 5.56 Å². The van der Waals surface area contributed by atoms with Crippen LogP contribution < -0.4 is 19.5 Å². The van der Waals surface area contributed by atoms with Crippen molar-refractivity contribution in [2.75, 3.05) is 26.9 Å². The molecule has 4 heteroatoms. The molecule has 1 unspecified atom stereocenters. The van der Waals surface area contributed by atoms with Crippen LogP contribution in [0.3, 0.4) is 0 Å². The van der Waals surface area contributed by atoms with Gasteiger partial charge < -0.3 is 19.5 Å². The molecule has 1 N–H and O–H groups in total. The molecule has 0 saturated heterocycles. The summed E-state index contributed by atoms with van der Waals surface area (Å²) in [5, 5.41) is 3.42. The molecule has 1 aliphatic rings. The van der Waals surface area contributed by atoms with Gasteiger partial charge in [0, 0.05) is 6.04 Å². The minimum Gasteiger partial charge on any atom is -0.493 e. The van der Waals surface area contributed by atoms with Crippen molar-refractivity contribution >= 4 is 0 Å². The average Bonchev–Trinajstić information content (AvgIpc) is 2.44. The molecule has 0 aromatic heterocycles. The largest absolute Gasteiger partial charge is 0.493 e. The first-order chi connectivity index (χ1) is 9.24. The van der Waals surface area contributed by atoms with Gasteiger partial charge >= 0.3 is 0 Å². The van der Waals surface area contributed by atoms with Gasteiger partial charge in [-0.25, -0.2) is 0 Å². The van der Waals surface area contributed by atoms with E-state index in [4.69, 9.17) is 14.2 Å². The highest BCUT2D eigenvalue weighted by Gasteiger charge is 2.18. The molecular formula is C15H23NO3. The van der Waals surface area contributed by atoms with Crippen molar-refractivity contribution in [1.29, 1.82) is 0 Å². The summed E-state index contributed by atoms with van der Waals surface area (Å²) >= 11 is 0. The zero-order valence-electron chi connectivity index (χ0n) is 12.0. The van der Waals surface area contributed by atoms with Crippen LogP contribution in [0.25, 0.3) is 0 Å². The highest BCUT2D eigenvalue weighted by molar-refractivity contribution is 5.54. The summed E-state index contributed by atoms with van der Waals surface area (Å²) in [6.07, 6.45) is 2.10. The van der Waals surface area contributed by atoms with Gasteiger partial charge in [-0.15, -0.1) is 0 Å². The van der Waals surface area contributed by atoms with E-state index in [0.717, 1.165) is 36.6 Å². The Morgan fingerprint density at radius 1 is 1.32 bits per heavy atom. The van der Waals surface area contributed by atoms with Crippen molar-refractivity contribution in [2.45, 2.75) is 32.7 Å². The third-order valence-electron chi connectivity index (χ3n) is 3.31. The van der Waals surface area contributed by atoms with Crippen molar-refractivity contribution < 1.29 is 14.2 Å². The van der Waals surface area contributed by atoms with Crippen molar-refractivity contribution in [1.82, 2.24) is 5.32 Å². The molecule has 0 saturated carbocycles. The van der Waals surface area contributed by atoms with Crippen LogP contribution in [0.4, 0.5) is 0 Å². The molecule has 2 rings (SSSR count). The molecule has 1 heterocycles. The molecule has 0 amide bonds. The monoisotopic (exact) mass is 265 g/mol. The van der Waals surface area contributed by atoms with Crippen molar-refractivity contribution in [3.63, 3.8) is 0 Å². The third kappa shape index (κ3) is 3.53. The molecule has 1 atom stereocenters. The highest BCUT2D eigenvalue weighted by atomic mass is 16.6. The van der Waals surface area contributed by atoms with Crippen molar-refractivity contribution in [3.8, 4) is 17.2 Å². The quantitative estimate of drug-likeness (QED) is 0.857. The maximum atomic E-state index is 5.64. The van der Waals surface area contributed by atoms with Crippen LogP contribution in [0.15, 0.2) is 12.1 Å². The van der Waals surface area contributed by atoms with E-state index in [0.29, 0.717) is 19.3 Å². The van der Waals surface area contributed by atoms with E-state index in [9.17, 15) is 0 Å². The van der Waals surface area contributed by atoms with Crippen molar-refractivity contribution in [2.24, 2.45) is 0 Å². The maximum absolute atomic E-state index is 5.64. The lowest BCUT2D eigenvalue weighted by Crippen LogP contribution is -2.25. The number of methoxy groups -OCH3 is 1. The van der Waals surface area contributed by atoms with Gasteiger partial charge in [-0.3, -0.25) is 0 Å². The lowest BCUT2D eigenvalue weighted by atomic mass is 10.0. The SMILES string of the molecule is CCNC(C)CCc1cc(OC)c2c(c1)OCCO2. The average molecular weight is 265 g/mol. The summed E-state index contributed by atoms with van der Waals surface area (Å²) in [5.74, 6) is 2.30. The first-order valence-corrected chi connectivity index (χ1v) is 6.94. The predicted molar refractivity (Wildman–Crippen MR) is 75.4 cm³/mol. The standard InChI is InChI=1S/C15H23NO3/c1-4-16-11(2)5-6-12-9-13(17-3)15-14(10-12)18-7-8-19-15/h9-11,16H,4-8H2,1-3H3. The Morgan fingerprint density at radius 2 is 2.11 bits per heavy atom. The molecule has 0 aliphatic carbocycles. The summed E-state index contributed by atoms with van der Waals surface area (Å²) in [7, 11) is 1.67. The van der Waals surface area contributed by atoms with E-state index in [1.54, 1.807) is 7.11 Å². The number of ether oxygens (including phenoxy) is 3. The summed E-state index contributed by atoms with van der Waals surface area (Å²) in [4.78, 5) is 0. The molecule has 106 valence electrons. The zero-order valence-corrected chi connectivity index (χ0v) is 12.0. The van der Waals surface area contributed by atoms with Crippen LogP contribution in [0.2, 0.25) is 0 Å². The normalized spacial score (nSPS) is 15.1. The third-order valence-corrected chi connectivity index (χ3v) is 3.31. The minimum atomic E-state index is 0.518. The Hall–Kier alpha value is -1.42. The van der Waals surface area contributed by atoms with E-state index < -0.39 is 0 Å². The lowest BCUT2D eigenvalue weighted by Gasteiger charge is -2.21. The molecule has 0 fully saturated rings. The fraction of sp³-hybridized carbons (Fsp3) is 0.600. The molecule has 0 radical (unpaired) electrons. The first kappa shape index (κ1) is 14.0. The molecule has 0 bridgehead atoms. The Morgan fingerprint density at radius 3 is 2.84 bits per heavy atom. The van der Waals surface area contributed by atoms with E-state index in [-0.39, 0.29) is 0 Å². The van der Waals surface area contributed by atoms with Gasteiger partial charge in [0.05, 0.1) is 7.11 Å². The van der Waals surface area contributed by atoms with Gasteiger partial charge in [0.2, 0.25) is 5.75 Å². The number of aryl methyl sites for hydroxylation is 1.